The topological polar surface area (TPSA) is 80.5 Å². The van der Waals surface area contributed by atoms with Crippen molar-refractivity contribution in [3.63, 3.8) is 0 Å². The number of benzene rings is 2. The summed E-state index contributed by atoms with van der Waals surface area (Å²) in [4.78, 5) is 12.0. The largest absolute Gasteiger partial charge is 0.497 e. The molecule has 0 bridgehead atoms. The summed E-state index contributed by atoms with van der Waals surface area (Å²) < 4.78 is 6.81. The summed E-state index contributed by atoms with van der Waals surface area (Å²) >= 11 is 6.43. The first-order valence-electron chi connectivity index (χ1n) is 9.03. The average molecular weight is 412 g/mol. The fourth-order valence-electron chi connectivity index (χ4n) is 2.67. The lowest BCUT2D eigenvalue weighted by Gasteiger charge is -2.06. The van der Waals surface area contributed by atoms with Crippen LogP contribution in [0.2, 0.25) is 5.15 Å². The molecule has 150 valence electrons. The van der Waals surface area contributed by atoms with Crippen molar-refractivity contribution in [3.8, 4) is 5.75 Å². The third-order valence-corrected chi connectivity index (χ3v) is 4.61. The summed E-state index contributed by atoms with van der Waals surface area (Å²) in [5.41, 5.74) is 5.80. The van der Waals surface area contributed by atoms with Gasteiger partial charge < -0.3 is 10.1 Å². The molecule has 3 aromatic rings. The Morgan fingerprint density at radius 1 is 1.21 bits per heavy atom. The number of anilines is 1. The highest BCUT2D eigenvalue weighted by molar-refractivity contribution is 6.32. The fourth-order valence-corrected chi connectivity index (χ4v) is 2.96. The molecule has 0 aliphatic carbocycles. The maximum Gasteiger partial charge on any atom is 0.259 e. The van der Waals surface area contributed by atoms with Crippen LogP contribution in [0.15, 0.2) is 59.7 Å². The van der Waals surface area contributed by atoms with E-state index in [4.69, 9.17) is 16.3 Å². The van der Waals surface area contributed by atoms with Gasteiger partial charge in [-0.05, 0) is 36.8 Å². The number of carbonyl (C=O) groups excluding carboxylic acids is 1. The summed E-state index contributed by atoms with van der Waals surface area (Å²) in [6.07, 6.45) is 1.51. The third kappa shape index (κ3) is 5.58. The van der Waals surface area contributed by atoms with E-state index in [2.05, 4.69) is 20.9 Å². The van der Waals surface area contributed by atoms with Crippen molar-refractivity contribution in [1.29, 1.82) is 0 Å². The van der Waals surface area contributed by atoms with Gasteiger partial charge in [0.25, 0.3) is 5.91 Å². The lowest BCUT2D eigenvalue weighted by atomic mass is 10.2. The average Bonchev–Trinajstić information content (AvgIpc) is 3.00. The van der Waals surface area contributed by atoms with E-state index in [1.165, 1.54) is 6.21 Å². The maximum absolute atomic E-state index is 12.0. The van der Waals surface area contributed by atoms with E-state index in [0.29, 0.717) is 17.3 Å². The van der Waals surface area contributed by atoms with Gasteiger partial charge >= 0.3 is 0 Å². The molecule has 1 heterocycles. The minimum Gasteiger partial charge on any atom is -0.497 e. The second kappa shape index (κ2) is 9.75. The molecule has 0 atom stereocenters. The van der Waals surface area contributed by atoms with Crippen molar-refractivity contribution in [2.75, 3.05) is 19.0 Å². The Labute approximate surface area is 174 Å². The molecule has 0 unspecified atom stereocenters. The van der Waals surface area contributed by atoms with E-state index in [-0.39, 0.29) is 12.5 Å². The van der Waals surface area contributed by atoms with Crippen LogP contribution in [0.25, 0.3) is 0 Å². The number of amides is 1. The lowest BCUT2D eigenvalue weighted by Crippen LogP contribution is -2.25. The fraction of sp³-hybridized carbons (Fsp3) is 0.190. The number of aryl methyl sites for hydroxylation is 1. The van der Waals surface area contributed by atoms with Gasteiger partial charge in [0.15, 0.2) is 0 Å². The zero-order valence-corrected chi connectivity index (χ0v) is 17.0. The normalized spacial score (nSPS) is 10.9. The van der Waals surface area contributed by atoms with Crippen molar-refractivity contribution in [3.05, 3.63) is 76.6 Å². The van der Waals surface area contributed by atoms with Crippen LogP contribution in [0.3, 0.4) is 0 Å². The molecular formula is C21H22ClN5O2. The predicted molar refractivity (Wildman–Crippen MR) is 115 cm³/mol. The van der Waals surface area contributed by atoms with Gasteiger partial charge in [-0.25, -0.2) is 10.1 Å². The smallest absolute Gasteiger partial charge is 0.259 e. The number of nitrogens with one attached hydrogen (secondary N) is 2. The predicted octanol–water partition coefficient (Wildman–Crippen LogP) is 3.46. The number of nitrogens with zero attached hydrogens (tertiary/aromatic N) is 3. The van der Waals surface area contributed by atoms with Crippen LogP contribution in [0, 0.1) is 6.92 Å². The number of carbonyl (C=O) groups is 1. The molecule has 1 amide bonds. The summed E-state index contributed by atoms with van der Waals surface area (Å²) in [6, 6.07) is 17.2. The van der Waals surface area contributed by atoms with Crippen LogP contribution in [-0.4, -0.2) is 35.6 Å². The number of hydrazone groups is 1. The minimum absolute atomic E-state index is 0.0870. The molecule has 0 fully saturated rings. The highest BCUT2D eigenvalue weighted by Gasteiger charge is 2.12. The van der Waals surface area contributed by atoms with Crippen LogP contribution in [-0.2, 0) is 11.3 Å². The molecule has 0 aliphatic heterocycles. The van der Waals surface area contributed by atoms with Gasteiger partial charge in [0, 0.05) is 5.69 Å². The number of methoxy groups -OCH3 is 1. The first-order chi connectivity index (χ1) is 14.1. The van der Waals surface area contributed by atoms with Crippen LogP contribution in [0.5, 0.6) is 5.75 Å². The van der Waals surface area contributed by atoms with Gasteiger partial charge in [-0.2, -0.15) is 10.2 Å². The van der Waals surface area contributed by atoms with E-state index >= 15 is 0 Å². The molecule has 0 radical (unpaired) electrons. The second-order valence-electron chi connectivity index (χ2n) is 6.31. The molecule has 3 rings (SSSR count). The van der Waals surface area contributed by atoms with Crippen LogP contribution in [0.1, 0.15) is 16.8 Å². The number of aromatic nitrogens is 2. The number of hydrogen-bond donors (Lipinski definition) is 2. The molecule has 8 heteroatoms. The highest BCUT2D eigenvalue weighted by atomic mass is 35.5. The van der Waals surface area contributed by atoms with E-state index < -0.39 is 0 Å². The Morgan fingerprint density at radius 3 is 2.62 bits per heavy atom. The summed E-state index contributed by atoms with van der Waals surface area (Å²) in [6.45, 7) is 2.50. The quantitative estimate of drug-likeness (QED) is 0.439. The molecule has 0 saturated heterocycles. The van der Waals surface area contributed by atoms with Gasteiger partial charge in [0.2, 0.25) is 0 Å². The highest BCUT2D eigenvalue weighted by Crippen LogP contribution is 2.19. The molecule has 29 heavy (non-hydrogen) atoms. The standard InChI is InChI=1S/C21H22ClN5O2/c1-15-19(21(22)27(26-15)14-16-6-4-3-5-7-16)12-24-25-20(28)13-23-17-8-10-18(29-2)11-9-17/h3-12,23H,13-14H2,1-2H3,(H,25,28)/b24-12+. The summed E-state index contributed by atoms with van der Waals surface area (Å²) in [5, 5.41) is 11.9. The molecule has 0 spiro atoms. The number of ether oxygens (including phenoxy) is 1. The third-order valence-electron chi connectivity index (χ3n) is 4.21. The molecule has 2 N–H and O–H groups in total. The van der Waals surface area contributed by atoms with Gasteiger partial charge in [-0.15, -0.1) is 0 Å². The first-order valence-corrected chi connectivity index (χ1v) is 9.41. The number of rotatable bonds is 8. The van der Waals surface area contributed by atoms with Crippen molar-refractivity contribution in [2.45, 2.75) is 13.5 Å². The van der Waals surface area contributed by atoms with Crippen LogP contribution >= 0.6 is 11.6 Å². The Bertz CT molecular complexity index is 984. The second-order valence-corrected chi connectivity index (χ2v) is 6.67. The van der Waals surface area contributed by atoms with E-state index in [9.17, 15) is 4.79 Å². The van der Waals surface area contributed by atoms with Crippen molar-refractivity contribution in [1.82, 2.24) is 15.2 Å². The summed E-state index contributed by atoms with van der Waals surface area (Å²) in [5.74, 6) is 0.479. The van der Waals surface area contributed by atoms with Gasteiger partial charge in [-0.1, -0.05) is 41.9 Å². The van der Waals surface area contributed by atoms with E-state index in [0.717, 1.165) is 22.7 Å². The lowest BCUT2D eigenvalue weighted by molar-refractivity contribution is -0.119. The van der Waals surface area contributed by atoms with Crippen molar-refractivity contribution >= 4 is 29.4 Å². The zero-order valence-electron chi connectivity index (χ0n) is 16.2. The van der Waals surface area contributed by atoms with Crippen molar-refractivity contribution in [2.24, 2.45) is 5.10 Å². The monoisotopic (exact) mass is 411 g/mol. The summed E-state index contributed by atoms with van der Waals surface area (Å²) in [7, 11) is 1.60. The van der Waals surface area contributed by atoms with Crippen LogP contribution < -0.4 is 15.5 Å². The molecule has 2 aromatic carbocycles. The van der Waals surface area contributed by atoms with Crippen molar-refractivity contribution < 1.29 is 9.53 Å². The molecule has 1 aromatic heterocycles. The minimum atomic E-state index is -0.275. The SMILES string of the molecule is COc1ccc(NCC(=O)N/N=C/c2c(C)nn(Cc3ccccc3)c2Cl)cc1. The molecule has 7 nitrogen and oxygen atoms in total. The van der Waals surface area contributed by atoms with Gasteiger partial charge in [-0.3, -0.25) is 4.79 Å². The maximum atomic E-state index is 12.0. The number of hydrogen-bond acceptors (Lipinski definition) is 5. The van der Waals surface area contributed by atoms with E-state index in [1.54, 1.807) is 11.8 Å². The Hall–Kier alpha value is -3.32. The zero-order chi connectivity index (χ0) is 20.6. The Balaban J connectivity index is 1.54. The molecule has 0 saturated carbocycles. The van der Waals surface area contributed by atoms with Gasteiger partial charge in [0.05, 0.1) is 37.7 Å². The Kier molecular flexibility index (Phi) is 6.86. The molecular weight excluding hydrogens is 390 g/mol. The van der Waals surface area contributed by atoms with E-state index in [1.807, 2.05) is 61.5 Å². The first kappa shape index (κ1) is 20.4. The molecule has 0 aliphatic rings. The number of halogens is 1. The van der Waals surface area contributed by atoms with Gasteiger partial charge in [0.1, 0.15) is 10.9 Å². The Morgan fingerprint density at radius 2 is 1.93 bits per heavy atom. The van der Waals surface area contributed by atoms with Crippen LogP contribution in [0.4, 0.5) is 5.69 Å².